The average molecular weight is 416 g/mol. The fourth-order valence-corrected chi connectivity index (χ4v) is 3.66. The Morgan fingerprint density at radius 1 is 1.31 bits per heavy atom. The summed E-state index contributed by atoms with van der Waals surface area (Å²) in [5.74, 6) is -0.164. The molecule has 152 valence electrons. The van der Waals surface area contributed by atoms with Gasteiger partial charge in [-0.15, -0.1) is 0 Å². The summed E-state index contributed by atoms with van der Waals surface area (Å²) in [5.41, 5.74) is 1.01. The monoisotopic (exact) mass is 415 g/mol. The standard InChI is InChI=1S/C22H23ClFN3O2/c1-13(2)21-20(24)9-15(12-26-21)22(28)27-16-4-7-17(8-5-16)29-18-6-3-14(11-25)19(23)10-18/h3,6,9-10,12-13,16-17H,4-5,7-8H2,1-2H3,(H,27,28). The van der Waals surface area contributed by atoms with Crippen LogP contribution in [0.5, 0.6) is 5.75 Å². The Bertz CT molecular complexity index is 934. The molecule has 7 heteroatoms. The van der Waals surface area contributed by atoms with Crippen LogP contribution >= 0.6 is 11.6 Å². The summed E-state index contributed by atoms with van der Waals surface area (Å²) in [6, 6.07) is 8.31. The fourth-order valence-electron chi connectivity index (χ4n) is 3.44. The van der Waals surface area contributed by atoms with Gasteiger partial charge in [0.15, 0.2) is 0 Å². The molecule has 1 N–H and O–H groups in total. The number of carbonyl (C=O) groups excluding carboxylic acids is 1. The molecule has 0 aliphatic heterocycles. The molecular weight excluding hydrogens is 393 g/mol. The summed E-state index contributed by atoms with van der Waals surface area (Å²) >= 11 is 6.04. The van der Waals surface area contributed by atoms with Gasteiger partial charge in [0.05, 0.1) is 27.9 Å². The number of hydrogen-bond donors (Lipinski definition) is 1. The number of aromatic nitrogens is 1. The van der Waals surface area contributed by atoms with Crippen molar-refractivity contribution in [3.63, 3.8) is 0 Å². The molecule has 0 atom stereocenters. The molecule has 0 unspecified atom stereocenters. The number of hydrogen-bond acceptors (Lipinski definition) is 4. The van der Waals surface area contributed by atoms with Crippen molar-refractivity contribution in [1.82, 2.24) is 10.3 Å². The van der Waals surface area contributed by atoms with Gasteiger partial charge >= 0.3 is 0 Å². The van der Waals surface area contributed by atoms with Crippen LogP contribution in [0.1, 0.15) is 67.1 Å². The van der Waals surface area contributed by atoms with Gasteiger partial charge in [0.2, 0.25) is 0 Å². The van der Waals surface area contributed by atoms with Gasteiger partial charge < -0.3 is 10.1 Å². The lowest BCUT2D eigenvalue weighted by Gasteiger charge is -2.29. The molecule has 1 aromatic carbocycles. The van der Waals surface area contributed by atoms with E-state index < -0.39 is 5.82 Å². The third-order valence-corrected chi connectivity index (χ3v) is 5.36. The minimum Gasteiger partial charge on any atom is -0.490 e. The van der Waals surface area contributed by atoms with Gasteiger partial charge in [0, 0.05) is 18.3 Å². The highest BCUT2D eigenvalue weighted by atomic mass is 35.5. The van der Waals surface area contributed by atoms with Crippen molar-refractivity contribution in [2.24, 2.45) is 0 Å². The van der Waals surface area contributed by atoms with Gasteiger partial charge in [-0.2, -0.15) is 5.26 Å². The second kappa shape index (κ2) is 9.23. The van der Waals surface area contributed by atoms with Gasteiger partial charge in [-0.1, -0.05) is 25.4 Å². The molecule has 2 aromatic rings. The Balaban J connectivity index is 1.52. The third kappa shape index (κ3) is 5.24. The molecule has 3 rings (SSSR count). The van der Waals surface area contributed by atoms with Crippen LogP contribution in [-0.2, 0) is 0 Å². The number of nitrogens with zero attached hydrogens (tertiary/aromatic N) is 2. The van der Waals surface area contributed by atoms with E-state index in [1.165, 1.54) is 12.3 Å². The van der Waals surface area contributed by atoms with Crippen LogP contribution in [-0.4, -0.2) is 23.0 Å². The normalized spacial score (nSPS) is 18.9. The first kappa shape index (κ1) is 21.1. The highest BCUT2D eigenvalue weighted by Crippen LogP contribution is 2.27. The summed E-state index contributed by atoms with van der Waals surface area (Å²) in [6.45, 7) is 3.72. The maximum atomic E-state index is 14.1. The van der Waals surface area contributed by atoms with Gasteiger partial charge in [0.1, 0.15) is 17.6 Å². The molecule has 1 saturated carbocycles. The van der Waals surface area contributed by atoms with Crippen molar-refractivity contribution in [3.05, 3.63) is 58.1 Å². The van der Waals surface area contributed by atoms with Gasteiger partial charge in [-0.3, -0.25) is 9.78 Å². The summed E-state index contributed by atoms with van der Waals surface area (Å²) < 4.78 is 20.0. The number of nitriles is 1. The Hall–Kier alpha value is -2.65. The topological polar surface area (TPSA) is 75.0 Å². The second-order valence-electron chi connectivity index (χ2n) is 7.56. The van der Waals surface area contributed by atoms with Crippen LogP contribution in [0.25, 0.3) is 0 Å². The molecule has 0 spiro atoms. The van der Waals surface area contributed by atoms with E-state index in [9.17, 15) is 9.18 Å². The second-order valence-corrected chi connectivity index (χ2v) is 7.97. The minimum absolute atomic E-state index is 0.0136. The predicted molar refractivity (Wildman–Crippen MR) is 109 cm³/mol. The Morgan fingerprint density at radius 3 is 2.62 bits per heavy atom. The van der Waals surface area contributed by atoms with E-state index in [1.807, 2.05) is 19.9 Å². The van der Waals surface area contributed by atoms with Crippen molar-refractivity contribution >= 4 is 17.5 Å². The molecule has 1 aromatic heterocycles. The number of halogens is 2. The highest BCUT2D eigenvalue weighted by molar-refractivity contribution is 6.31. The van der Waals surface area contributed by atoms with Crippen LogP contribution in [0.4, 0.5) is 4.39 Å². The molecule has 5 nitrogen and oxygen atoms in total. The predicted octanol–water partition coefficient (Wildman–Crippen LogP) is 4.99. The van der Waals surface area contributed by atoms with E-state index in [-0.39, 0.29) is 29.5 Å². The van der Waals surface area contributed by atoms with Crippen LogP contribution in [0, 0.1) is 17.1 Å². The van der Waals surface area contributed by atoms with E-state index in [1.54, 1.807) is 18.2 Å². The SMILES string of the molecule is CC(C)c1ncc(C(=O)NC2CCC(Oc3ccc(C#N)c(Cl)c3)CC2)cc1F. The van der Waals surface area contributed by atoms with E-state index in [4.69, 9.17) is 21.6 Å². The third-order valence-electron chi connectivity index (χ3n) is 5.05. The van der Waals surface area contributed by atoms with Crippen molar-refractivity contribution in [1.29, 1.82) is 5.26 Å². The lowest BCUT2D eigenvalue weighted by Crippen LogP contribution is -2.39. The zero-order valence-electron chi connectivity index (χ0n) is 16.4. The summed E-state index contributed by atoms with van der Waals surface area (Å²) in [4.78, 5) is 16.5. The zero-order valence-corrected chi connectivity index (χ0v) is 17.2. The zero-order chi connectivity index (χ0) is 21.0. The van der Waals surface area contributed by atoms with Crippen LogP contribution in [0.15, 0.2) is 30.5 Å². The summed E-state index contributed by atoms with van der Waals surface area (Å²) in [5, 5.41) is 12.3. The van der Waals surface area contributed by atoms with E-state index in [0.29, 0.717) is 22.0 Å². The summed E-state index contributed by atoms with van der Waals surface area (Å²) in [7, 11) is 0. The van der Waals surface area contributed by atoms with E-state index in [2.05, 4.69) is 10.3 Å². The Morgan fingerprint density at radius 2 is 2.03 bits per heavy atom. The molecule has 0 saturated heterocycles. The molecule has 0 radical (unpaired) electrons. The first-order valence-corrected chi connectivity index (χ1v) is 10.1. The first-order valence-electron chi connectivity index (χ1n) is 9.70. The van der Waals surface area contributed by atoms with E-state index in [0.717, 1.165) is 25.7 Å². The molecule has 0 bridgehead atoms. The lowest BCUT2D eigenvalue weighted by molar-refractivity contribution is 0.0893. The van der Waals surface area contributed by atoms with Crippen molar-refractivity contribution in [2.75, 3.05) is 0 Å². The number of pyridine rings is 1. The Labute approximate surface area is 174 Å². The van der Waals surface area contributed by atoms with Crippen LogP contribution < -0.4 is 10.1 Å². The minimum atomic E-state index is -0.453. The maximum Gasteiger partial charge on any atom is 0.253 e. The molecule has 1 fully saturated rings. The van der Waals surface area contributed by atoms with E-state index >= 15 is 0 Å². The molecular formula is C22H23ClFN3O2. The molecule has 1 aliphatic carbocycles. The van der Waals surface area contributed by atoms with Crippen LogP contribution in [0.2, 0.25) is 5.02 Å². The number of nitrogens with one attached hydrogen (secondary N) is 1. The largest absolute Gasteiger partial charge is 0.490 e. The van der Waals surface area contributed by atoms with Gasteiger partial charge in [0.25, 0.3) is 5.91 Å². The number of carbonyl (C=O) groups is 1. The first-order chi connectivity index (χ1) is 13.9. The highest BCUT2D eigenvalue weighted by Gasteiger charge is 2.24. The molecule has 1 aliphatic rings. The number of benzene rings is 1. The average Bonchev–Trinajstić information content (AvgIpc) is 2.69. The van der Waals surface area contributed by atoms with Crippen molar-refractivity contribution in [2.45, 2.75) is 57.6 Å². The number of ether oxygens (including phenoxy) is 1. The fraction of sp³-hybridized carbons (Fsp3) is 0.409. The molecule has 1 amide bonds. The quantitative estimate of drug-likeness (QED) is 0.746. The van der Waals surface area contributed by atoms with Gasteiger partial charge in [-0.05, 0) is 49.8 Å². The number of amides is 1. The van der Waals surface area contributed by atoms with Crippen LogP contribution in [0.3, 0.4) is 0 Å². The lowest BCUT2D eigenvalue weighted by atomic mass is 9.92. The number of rotatable bonds is 5. The smallest absolute Gasteiger partial charge is 0.253 e. The summed E-state index contributed by atoms with van der Waals surface area (Å²) in [6.07, 6.45) is 4.54. The molecule has 1 heterocycles. The Kier molecular flexibility index (Phi) is 6.71. The van der Waals surface area contributed by atoms with Gasteiger partial charge in [-0.25, -0.2) is 4.39 Å². The maximum absolute atomic E-state index is 14.1. The van der Waals surface area contributed by atoms with Crippen molar-refractivity contribution in [3.8, 4) is 11.8 Å². The van der Waals surface area contributed by atoms with Crippen molar-refractivity contribution < 1.29 is 13.9 Å². The molecule has 29 heavy (non-hydrogen) atoms.